The molecule has 20 heavy (non-hydrogen) atoms. The Bertz CT molecular complexity index is 386. The molecule has 3 atom stereocenters. The zero-order valence-corrected chi connectivity index (χ0v) is 14.9. The molecule has 2 saturated carbocycles. The van der Waals surface area contributed by atoms with Gasteiger partial charge in [0.15, 0.2) is 8.32 Å². The van der Waals surface area contributed by atoms with Gasteiger partial charge in [0, 0.05) is 0 Å². The van der Waals surface area contributed by atoms with Gasteiger partial charge in [-0.1, -0.05) is 33.6 Å². The van der Waals surface area contributed by atoms with E-state index in [4.69, 9.17) is 9.16 Å². The van der Waals surface area contributed by atoms with Crippen LogP contribution in [-0.4, -0.2) is 27.0 Å². The van der Waals surface area contributed by atoms with E-state index in [0.29, 0.717) is 5.92 Å². The number of hydrogen-bond donors (Lipinski definition) is 0. The van der Waals surface area contributed by atoms with E-state index in [2.05, 4.69) is 33.9 Å². The van der Waals surface area contributed by atoms with Crippen molar-refractivity contribution in [3.05, 3.63) is 0 Å². The van der Waals surface area contributed by atoms with Gasteiger partial charge in [0.05, 0.1) is 18.6 Å². The number of ether oxygens (including phenoxy) is 1. The van der Waals surface area contributed by atoms with E-state index in [1.807, 2.05) is 0 Å². The van der Waals surface area contributed by atoms with Crippen molar-refractivity contribution in [2.45, 2.75) is 76.6 Å². The summed E-state index contributed by atoms with van der Waals surface area (Å²) in [6.07, 6.45) is 5.66. The van der Waals surface area contributed by atoms with Crippen LogP contribution in [0.2, 0.25) is 18.1 Å². The number of rotatable bonds is 3. The molecule has 0 aromatic carbocycles. The molecule has 0 aromatic rings. The summed E-state index contributed by atoms with van der Waals surface area (Å²) in [7, 11) is -0.365. The van der Waals surface area contributed by atoms with E-state index in [0.717, 1.165) is 12.8 Å². The van der Waals surface area contributed by atoms with Crippen LogP contribution in [0.25, 0.3) is 0 Å². The van der Waals surface area contributed by atoms with Gasteiger partial charge in [-0.2, -0.15) is 0 Å². The summed E-state index contributed by atoms with van der Waals surface area (Å²) in [4.78, 5) is 12.1. The van der Waals surface area contributed by atoms with Crippen molar-refractivity contribution in [1.29, 1.82) is 0 Å². The fourth-order valence-electron chi connectivity index (χ4n) is 3.61. The molecule has 0 amide bonds. The fourth-order valence-corrected chi connectivity index (χ4v) is 5.28. The minimum Gasteiger partial charge on any atom is -0.469 e. The first kappa shape index (κ1) is 16.0. The Balaban J connectivity index is 2.25. The lowest BCUT2D eigenvalue weighted by atomic mass is 9.55. The van der Waals surface area contributed by atoms with Gasteiger partial charge in [0.25, 0.3) is 0 Å². The van der Waals surface area contributed by atoms with Crippen molar-refractivity contribution in [2.24, 2.45) is 11.8 Å². The van der Waals surface area contributed by atoms with Crippen molar-refractivity contribution in [2.75, 3.05) is 7.11 Å². The van der Waals surface area contributed by atoms with Crippen molar-refractivity contribution >= 4 is 14.3 Å². The second-order valence-electron chi connectivity index (χ2n) is 8.07. The lowest BCUT2D eigenvalue weighted by molar-refractivity contribution is -0.192. The molecule has 116 valence electrons. The molecular formula is C16H30O3Si. The standard InChI is InChI=1S/C16H30O3Si/c1-15(2,3)20(5,6)19-16-10-8-7-9-12(16)11-13(16)14(17)18-4/h12-13H,7-11H2,1-6H3/t12-,13-,16+/m0/s1. The third kappa shape index (κ3) is 2.45. The molecule has 4 heteroatoms. The minimum absolute atomic E-state index is 0.0353. The van der Waals surface area contributed by atoms with Crippen LogP contribution < -0.4 is 0 Å². The highest BCUT2D eigenvalue weighted by Gasteiger charge is 2.62. The van der Waals surface area contributed by atoms with Gasteiger partial charge in [0.1, 0.15) is 0 Å². The molecule has 0 unspecified atom stereocenters. The zero-order chi connectivity index (χ0) is 15.2. The summed E-state index contributed by atoms with van der Waals surface area (Å²) in [5.41, 5.74) is -0.214. The predicted molar refractivity (Wildman–Crippen MR) is 83.1 cm³/mol. The Morgan fingerprint density at radius 1 is 1.25 bits per heavy atom. The van der Waals surface area contributed by atoms with Crippen LogP contribution in [0.15, 0.2) is 0 Å². The Morgan fingerprint density at radius 3 is 2.40 bits per heavy atom. The summed E-state index contributed by atoms with van der Waals surface area (Å²) in [5, 5.41) is 0.181. The van der Waals surface area contributed by atoms with Crippen molar-refractivity contribution in [3.8, 4) is 0 Å². The highest BCUT2D eigenvalue weighted by Crippen LogP contribution is 2.58. The van der Waals surface area contributed by atoms with E-state index in [1.54, 1.807) is 0 Å². The summed E-state index contributed by atoms with van der Waals surface area (Å²) in [6, 6.07) is 0. The van der Waals surface area contributed by atoms with Crippen molar-refractivity contribution in [1.82, 2.24) is 0 Å². The summed E-state index contributed by atoms with van der Waals surface area (Å²) in [6.45, 7) is 11.4. The number of hydrogen-bond acceptors (Lipinski definition) is 3. The quantitative estimate of drug-likeness (QED) is 0.580. The van der Waals surface area contributed by atoms with Crippen LogP contribution in [0.5, 0.6) is 0 Å². The topological polar surface area (TPSA) is 35.5 Å². The van der Waals surface area contributed by atoms with Gasteiger partial charge in [0.2, 0.25) is 0 Å². The van der Waals surface area contributed by atoms with Crippen LogP contribution in [0.4, 0.5) is 0 Å². The first-order valence-corrected chi connectivity index (χ1v) is 10.8. The minimum atomic E-state index is -1.86. The zero-order valence-electron chi connectivity index (χ0n) is 13.9. The Hall–Kier alpha value is -0.353. The lowest BCUT2D eigenvalue weighted by Crippen LogP contribution is -2.66. The van der Waals surface area contributed by atoms with E-state index >= 15 is 0 Å². The summed E-state index contributed by atoms with van der Waals surface area (Å²) < 4.78 is 11.8. The Morgan fingerprint density at radius 2 is 1.90 bits per heavy atom. The third-order valence-electron chi connectivity index (χ3n) is 5.91. The molecule has 0 saturated heterocycles. The fraction of sp³-hybridized carbons (Fsp3) is 0.938. The summed E-state index contributed by atoms with van der Waals surface area (Å²) in [5.74, 6) is 0.461. The molecule has 0 bridgehead atoms. The molecule has 2 aliphatic carbocycles. The molecule has 0 radical (unpaired) electrons. The number of fused-ring (bicyclic) bond motifs is 1. The van der Waals surface area contributed by atoms with Gasteiger partial charge in [-0.05, 0) is 43.3 Å². The molecule has 3 nitrogen and oxygen atoms in total. The predicted octanol–water partition coefficient (Wildman–Crippen LogP) is 4.13. The van der Waals surface area contributed by atoms with Gasteiger partial charge in [-0.3, -0.25) is 4.79 Å². The Labute approximate surface area is 124 Å². The maximum Gasteiger partial charge on any atom is 0.311 e. The van der Waals surface area contributed by atoms with E-state index in [9.17, 15) is 4.79 Å². The van der Waals surface area contributed by atoms with Crippen LogP contribution in [0.1, 0.15) is 52.9 Å². The highest BCUT2D eigenvalue weighted by atomic mass is 28.4. The molecule has 0 aromatic heterocycles. The lowest BCUT2D eigenvalue weighted by Gasteiger charge is -2.60. The number of carbonyl (C=O) groups is 1. The average Bonchev–Trinajstić information content (AvgIpc) is 2.31. The third-order valence-corrected chi connectivity index (χ3v) is 10.4. The second kappa shape index (κ2) is 5.13. The molecule has 0 N–H and O–H groups in total. The molecule has 2 rings (SSSR count). The number of carbonyl (C=O) groups excluding carboxylic acids is 1. The molecule has 0 spiro atoms. The Kier molecular flexibility index (Phi) is 4.11. The molecule has 2 fully saturated rings. The normalized spacial score (nSPS) is 34.1. The van der Waals surface area contributed by atoms with E-state index in [1.165, 1.54) is 26.4 Å². The van der Waals surface area contributed by atoms with E-state index < -0.39 is 8.32 Å². The molecule has 0 heterocycles. The maximum absolute atomic E-state index is 12.1. The van der Waals surface area contributed by atoms with Crippen LogP contribution >= 0.6 is 0 Å². The smallest absolute Gasteiger partial charge is 0.311 e. The van der Waals surface area contributed by atoms with Crippen LogP contribution in [0, 0.1) is 11.8 Å². The number of methoxy groups -OCH3 is 1. The molecule has 2 aliphatic rings. The molecule has 0 aliphatic heterocycles. The monoisotopic (exact) mass is 298 g/mol. The second-order valence-corrected chi connectivity index (χ2v) is 12.8. The van der Waals surface area contributed by atoms with Crippen molar-refractivity contribution < 1.29 is 14.0 Å². The van der Waals surface area contributed by atoms with Crippen molar-refractivity contribution in [3.63, 3.8) is 0 Å². The highest BCUT2D eigenvalue weighted by molar-refractivity contribution is 6.74. The van der Waals surface area contributed by atoms with Gasteiger partial charge < -0.3 is 9.16 Å². The van der Waals surface area contributed by atoms with Crippen LogP contribution in [-0.2, 0) is 14.0 Å². The number of esters is 1. The SMILES string of the molecule is COC(=O)[C@@H]1C[C@@H]2CCCC[C@@]21O[Si](C)(C)C(C)(C)C. The van der Waals surface area contributed by atoms with Gasteiger partial charge in [-0.25, -0.2) is 0 Å². The van der Waals surface area contributed by atoms with Gasteiger partial charge >= 0.3 is 5.97 Å². The molecular weight excluding hydrogens is 268 g/mol. The average molecular weight is 298 g/mol. The first-order valence-electron chi connectivity index (χ1n) is 7.92. The largest absolute Gasteiger partial charge is 0.469 e. The maximum atomic E-state index is 12.1. The van der Waals surface area contributed by atoms with E-state index in [-0.39, 0.29) is 22.5 Å². The van der Waals surface area contributed by atoms with Crippen LogP contribution in [0.3, 0.4) is 0 Å². The summed E-state index contributed by atoms with van der Waals surface area (Å²) >= 11 is 0. The van der Waals surface area contributed by atoms with Gasteiger partial charge in [-0.15, -0.1) is 0 Å². The first-order chi connectivity index (χ1) is 9.14.